The molecule has 36 heavy (non-hydrogen) atoms. The number of aryl methyl sites for hydroxylation is 2. The lowest BCUT2D eigenvalue weighted by Gasteiger charge is -2.34. The molecule has 5 aromatic rings. The molecule has 9 nitrogen and oxygen atoms in total. The third-order valence-corrected chi connectivity index (χ3v) is 6.71. The first-order valence-corrected chi connectivity index (χ1v) is 11.9. The quantitative estimate of drug-likeness (QED) is 0.419. The van der Waals surface area contributed by atoms with Gasteiger partial charge in [-0.25, -0.2) is 14.4 Å². The first-order valence-electron chi connectivity index (χ1n) is 11.9. The average Bonchev–Trinajstić information content (AvgIpc) is 3.48. The number of amides is 1. The Hall–Kier alpha value is -4.18. The number of piperidine rings is 1. The summed E-state index contributed by atoms with van der Waals surface area (Å²) < 4.78 is 19.0. The van der Waals surface area contributed by atoms with Crippen LogP contribution >= 0.6 is 0 Å². The van der Waals surface area contributed by atoms with E-state index in [-0.39, 0.29) is 11.6 Å². The molecule has 0 spiro atoms. The molecule has 6 rings (SSSR count). The fourth-order valence-corrected chi connectivity index (χ4v) is 4.90. The zero-order chi connectivity index (χ0) is 24.8. The maximum Gasteiger partial charge on any atom is 0.262 e. The molecule has 182 valence electrons. The molecular weight excluding hydrogens is 459 g/mol. The van der Waals surface area contributed by atoms with Gasteiger partial charge in [-0.15, -0.1) is 5.10 Å². The summed E-state index contributed by atoms with van der Waals surface area (Å²) in [6.07, 6.45) is 5.35. The Morgan fingerprint density at radius 3 is 2.89 bits per heavy atom. The number of anilines is 1. The number of benzene rings is 1. The second kappa shape index (κ2) is 8.80. The van der Waals surface area contributed by atoms with E-state index >= 15 is 4.39 Å². The largest absolute Gasteiger partial charge is 0.348 e. The summed E-state index contributed by atoms with van der Waals surface area (Å²) >= 11 is 0. The Morgan fingerprint density at radius 2 is 2.08 bits per heavy atom. The third-order valence-electron chi connectivity index (χ3n) is 6.71. The summed E-state index contributed by atoms with van der Waals surface area (Å²) in [6, 6.07) is 11.9. The van der Waals surface area contributed by atoms with Crippen LogP contribution in [-0.2, 0) is 7.05 Å². The minimum atomic E-state index is -0.637. The van der Waals surface area contributed by atoms with Crippen LogP contribution < -0.4 is 10.2 Å². The number of rotatable bonds is 4. The lowest BCUT2D eigenvalue weighted by atomic mass is 10.0. The van der Waals surface area contributed by atoms with Crippen LogP contribution in [0.1, 0.15) is 28.9 Å². The zero-order valence-corrected chi connectivity index (χ0v) is 20.0. The number of fused-ring (bicyclic) bond motifs is 2. The Balaban J connectivity index is 1.43. The summed E-state index contributed by atoms with van der Waals surface area (Å²) in [5, 5.41) is 12.6. The minimum absolute atomic E-state index is 0.0223. The molecule has 0 aliphatic carbocycles. The van der Waals surface area contributed by atoms with Crippen LogP contribution in [-0.4, -0.2) is 54.6 Å². The van der Waals surface area contributed by atoms with Crippen molar-refractivity contribution in [3.05, 3.63) is 71.9 Å². The second-order valence-electron chi connectivity index (χ2n) is 9.14. The van der Waals surface area contributed by atoms with Crippen molar-refractivity contribution in [2.75, 3.05) is 18.0 Å². The number of hydrogen-bond acceptors (Lipinski definition) is 6. The van der Waals surface area contributed by atoms with E-state index in [2.05, 4.69) is 25.6 Å². The maximum absolute atomic E-state index is 15.6. The number of nitrogens with zero attached hydrogens (tertiary/aromatic N) is 7. The normalized spacial score (nSPS) is 16.0. The van der Waals surface area contributed by atoms with Gasteiger partial charge in [-0.2, -0.15) is 4.68 Å². The summed E-state index contributed by atoms with van der Waals surface area (Å²) in [7, 11) is 1.92. The van der Waals surface area contributed by atoms with Crippen molar-refractivity contribution in [3.63, 3.8) is 0 Å². The van der Waals surface area contributed by atoms with E-state index in [1.807, 2.05) is 49.0 Å². The first-order chi connectivity index (χ1) is 17.5. The van der Waals surface area contributed by atoms with Crippen LogP contribution in [0.25, 0.3) is 27.8 Å². The third kappa shape index (κ3) is 3.70. The van der Waals surface area contributed by atoms with Gasteiger partial charge in [-0.1, -0.05) is 5.21 Å². The summed E-state index contributed by atoms with van der Waals surface area (Å²) in [5.41, 5.74) is 3.20. The minimum Gasteiger partial charge on any atom is -0.348 e. The average molecular weight is 485 g/mol. The smallest absolute Gasteiger partial charge is 0.262 e. The van der Waals surface area contributed by atoms with Crippen LogP contribution in [0.5, 0.6) is 0 Å². The molecular formula is C26H25FN8O. The van der Waals surface area contributed by atoms with Crippen molar-refractivity contribution in [1.82, 2.24) is 34.8 Å². The number of carbonyl (C=O) groups is 1. The number of aromatic nitrogens is 6. The van der Waals surface area contributed by atoms with Gasteiger partial charge in [0.2, 0.25) is 0 Å². The monoisotopic (exact) mass is 484 g/mol. The number of carbonyl (C=O) groups excluding carboxylic acids is 1. The molecule has 1 N–H and O–H groups in total. The van der Waals surface area contributed by atoms with Crippen molar-refractivity contribution in [2.45, 2.75) is 25.8 Å². The van der Waals surface area contributed by atoms with E-state index in [1.54, 1.807) is 17.2 Å². The van der Waals surface area contributed by atoms with Crippen LogP contribution in [0.2, 0.25) is 0 Å². The Morgan fingerprint density at radius 1 is 1.19 bits per heavy atom. The molecule has 1 atom stereocenters. The van der Waals surface area contributed by atoms with Crippen molar-refractivity contribution in [1.29, 1.82) is 0 Å². The molecule has 0 radical (unpaired) electrons. The predicted molar refractivity (Wildman–Crippen MR) is 135 cm³/mol. The van der Waals surface area contributed by atoms with E-state index < -0.39 is 11.7 Å². The Kier molecular flexibility index (Phi) is 5.45. The molecule has 5 heterocycles. The second-order valence-corrected chi connectivity index (χ2v) is 9.14. The molecule has 1 aliphatic rings. The fraction of sp³-hybridized carbons (Fsp3) is 0.269. The number of nitrogens with one attached hydrogen (secondary N) is 1. The lowest BCUT2D eigenvalue weighted by Crippen LogP contribution is -2.49. The van der Waals surface area contributed by atoms with Crippen molar-refractivity contribution < 1.29 is 9.18 Å². The highest BCUT2D eigenvalue weighted by molar-refractivity contribution is 6.10. The standard InChI is InChI=1S/C26H25FN8O/c1-16-5-8-22-24(30-16)35(32-31-22)18-6-7-20(21(27)14-18)26(36)34(19-4-3-11-28-15-19)25-23-17(9-12-29-25)10-13-33(23)2/h5-10,12-14,19,28H,3-4,11,15H2,1-2H3/t19-/m1/s1. The van der Waals surface area contributed by atoms with Crippen molar-refractivity contribution in [3.8, 4) is 5.69 Å². The SMILES string of the molecule is Cc1ccc2nnn(-c3ccc(C(=O)N(c4nccc5ccn(C)c45)[C@@H]4CCCNC4)c(F)c3)c2n1. The summed E-state index contributed by atoms with van der Waals surface area (Å²) in [5.74, 6) is -0.530. The number of halogens is 1. The van der Waals surface area contributed by atoms with E-state index in [0.717, 1.165) is 36.0 Å². The molecule has 4 aromatic heterocycles. The van der Waals surface area contributed by atoms with Crippen LogP contribution in [0.3, 0.4) is 0 Å². The van der Waals surface area contributed by atoms with E-state index in [4.69, 9.17) is 0 Å². The molecule has 1 aromatic carbocycles. The molecule has 1 fully saturated rings. The number of hydrogen-bond donors (Lipinski definition) is 1. The highest BCUT2D eigenvalue weighted by Gasteiger charge is 2.32. The van der Waals surface area contributed by atoms with Crippen LogP contribution in [0, 0.1) is 12.7 Å². The lowest BCUT2D eigenvalue weighted by molar-refractivity contribution is 0.0968. The molecule has 0 bridgehead atoms. The van der Waals surface area contributed by atoms with Gasteiger partial charge in [0.1, 0.15) is 11.3 Å². The first kappa shape index (κ1) is 22.3. The number of pyridine rings is 2. The van der Waals surface area contributed by atoms with Gasteiger partial charge in [-0.05, 0) is 62.7 Å². The van der Waals surface area contributed by atoms with Crippen molar-refractivity contribution >= 4 is 33.8 Å². The van der Waals surface area contributed by atoms with Gasteiger partial charge in [-0.3, -0.25) is 9.69 Å². The zero-order valence-electron chi connectivity index (χ0n) is 20.0. The topological polar surface area (TPSA) is 93.8 Å². The highest BCUT2D eigenvalue weighted by Crippen LogP contribution is 2.30. The molecule has 1 amide bonds. The molecule has 0 unspecified atom stereocenters. The van der Waals surface area contributed by atoms with E-state index in [1.165, 1.54) is 16.8 Å². The molecule has 10 heteroatoms. The molecule has 0 saturated carbocycles. The Labute approximate surface area is 206 Å². The van der Waals surface area contributed by atoms with E-state index in [0.29, 0.717) is 29.2 Å². The molecule has 1 saturated heterocycles. The predicted octanol–water partition coefficient (Wildman–Crippen LogP) is 3.55. The van der Waals surface area contributed by atoms with Gasteiger partial charge in [0.15, 0.2) is 11.5 Å². The van der Waals surface area contributed by atoms with Crippen LogP contribution in [0.15, 0.2) is 54.9 Å². The van der Waals surface area contributed by atoms with E-state index in [9.17, 15) is 4.79 Å². The summed E-state index contributed by atoms with van der Waals surface area (Å²) in [6.45, 7) is 3.38. The van der Waals surface area contributed by atoms with Crippen molar-refractivity contribution in [2.24, 2.45) is 7.05 Å². The van der Waals surface area contributed by atoms with Gasteiger partial charge in [0.25, 0.3) is 5.91 Å². The maximum atomic E-state index is 15.6. The Bertz CT molecular complexity index is 1600. The van der Waals surface area contributed by atoms with Gasteiger partial charge in [0.05, 0.1) is 22.8 Å². The van der Waals surface area contributed by atoms with Gasteiger partial charge < -0.3 is 9.88 Å². The van der Waals surface area contributed by atoms with Gasteiger partial charge in [0, 0.05) is 43.1 Å². The highest BCUT2D eigenvalue weighted by atomic mass is 19.1. The summed E-state index contributed by atoms with van der Waals surface area (Å²) in [4.78, 5) is 24.7. The van der Waals surface area contributed by atoms with Crippen LogP contribution in [0.4, 0.5) is 10.2 Å². The fourth-order valence-electron chi connectivity index (χ4n) is 4.90. The molecule has 1 aliphatic heterocycles. The van der Waals surface area contributed by atoms with Gasteiger partial charge >= 0.3 is 0 Å².